The molecule has 0 spiro atoms. The van der Waals surface area contributed by atoms with Crippen molar-refractivity contribution in [3.63, 3.8) is 0 Å². The van der Waals surface area contributed by atoms with Gasteiger partial charge in [0.05, 0.1) is 5.92 Å². The van der Waals surface area contributed by atoms with Crippen LogP contribution in [-0.2, 0) is 0 Å². The molecule has 1 saturated carbocycles. The number of hydrogen-bond donors (Lipinski definition) is 1. The van der Waals surface area contributed by atoms with Crippen LogP contribution in [-0.4, -0.2) is 42.3 Å². The molecule has 0 bridgehead atoms. The Morgan fingerprint density at radius 2 is 1.63 bits per heavy atom. The summed E-state index contributed by atoms with van der Waals surface area (Å²) in [6, 6.07) is 1.49. The molecule has 1 aliphatic carbocycles. The number of hydrogen-bond acceptors (Lipinski definition) is 2. The monoisotopic (exact) mass is 276 g/mol. The first-order chi connectivity index (χ1) is 9.04. The number of nitrogens with one attached hydrogen (secondary N) is 1. The summed E-state index contributed by atoms with van der Waals surface area (Å²) in [4.78, 5) is 2.54. The van der Waals surface area contributed by atoms with Gasteiger partial charge in [0, 0.05) is 24.7 Å². The van der Waals surface area contributed by atoms with Crippen molar-refractivity contribution < 1.29 is 13.2 Å². The Labute approximate surface area is 112 Å². The van der Waals surface area contributed by atoms with Gasteiger partial charge in [0.2, 0.25) is 0 Å². The minimum absolute atomic E-state index is 0.308. The fourth-order valence-corrected chi connectivity index (χ4v) is 4.17. The van der Waals surface area contributed by atoms with E-state index in [2.05, 4.69) is 10.2 Å². The maximum atomic E-state index is 12.6. The highest BCUT2D eigenvalue weighted by Crippen LogP contribution is 2.38. The van der Waals surface area contributed by atoms with Crippen LogP contribution in [0.5, 0.6) is 0 Å². The summed E-state index contributed by atoms with van der Waals surface area (Å²) in [7, 11) is 0. The number of fused-ring (bicyclic) bond motifs is 1. The second-order valence-corrected chi connectivity index (χ2v) is 6.40. The second-order valence-electron chi connectivity index (χ2n) is 6.40. The molecule has 0 aromatic rings. The van der Waals surface area contributed by atoms with Gasteiger partial charge in [-0.05, 0) is 51.5 Å². The molecule has 3 rings (SSSR count). The fourth-order valence-electron chi connectivity index (χ4n) is 4.17. The Bertz CT molecular complexity index is 310. The minimum atomic E-state index is -3.99. The van der Waals surface area contributed by atoms with Crippen LogP contribution in [0.1, 0.15) is 44.9 Å². The van der Waals surface area contributed by atoms with Gasteiger partial charge in [-0.25, -0.2) is 0 Å². The van der Waals surface area contributed by atoms with E-state index in [9.17, 15) is 13.2 Å². The summed E-state index contributed by atoms with van der Waals surface area (Å²) in [5, 5.41) is 3.65. The molecule has 1 N–H and O–H groups in total. The Kier molecular flexibility index (Phi) is 3.78. The molecule has 3 fully saturated rings. The van der Waals surface area contributed by atoms with Crippen LogP contribution in [0.25, 0.3) is 0 Å². The third-order valence-electron chi connectivity index (χ3n) is 5.25. The zero-order valence-corrected chi connectivity index (χ0v) is 11.3. The van der Waals surface area contributed by atoms with E-state index >= 15 is 0 Å². The third-order valence-corrected chi connectivity index (χ3v) is 5.25. The van der Waals surface area contributed by atoms with Crippen LogP contribution in [0.2, 0.25) is 0 Å². The van der Waals surface area contributed by atoms with Crippen molar-refractivity contribution in [1.29, 1.82) is 0 Å². The summed E-state index contributed by atoms with van der Waals surface area (Å²) in [5.74, 6) is -1.06. The van der Waals surface area contributed by atoms with Crippen molar-refractivity contribution in [3.8, 4) is 0 Å². The lowest BCUT2D eigenvalue weighted by Gasteiger charge is -2.33. The number of alkyl halides is 3. The molecule has 2 unspecified atom stereocenters. The van der Waals surface area contributed by atoms with Gasteiger partial charge in [0.15, 0.2) is 0 Å². The molecule has 19 heavy (non-hydrogen) atoms. The van der Waals surface area contributed by atoms with Crippen LogP contribution in [0.4, 0.5) is 13.2 Å². The highest BCUT2D eigenvalue weighted by atomic mass is 19.4. The Balaban J connectivity index is 1.47. The lowest BCUT2D eigenvalue weighted by molar-refractivity contribution is -0.182. The van der Waals surface area contributed by atoms with Crippen LogP contribution in [0, 0.1) is 5.92 Å². The summed E-state index contributed by atoms with van der Waals surface area (Å²) in [6.45, 7) is 2.38. The van der Waals surface area contributed by atoms with Gasteiger partial charge in [-0.2, -0.15) is 13.2 Å². The average molecular weight is 276 g/mol. The first-order valence-electron chi connectivity index (χ1n) is 7.61. The van der Waals surface area contributed by atoms with E-state index in [0.717, 1.165) is 0 Å². The van der Waals surface area contributed by atoms with Gasteiger partial charge in [0.25, 0.3) is 0 Å². The van der Waals surface area contributed by atoms with Gasteiger partial charge in [-0.1, -0.05) is 0 Å². The third kappa shape index (κ3) is 2.92. The van der Waals surface area contributed by atoms with Crippen molar-refractivity contribution >= 4 is 0 Å². The number of rotatable bonds is 2. The molecular weight excluding hydrogens is 253 g/mol. The Hall–Kier alpha value is -0.290. The lowest BCUT2D eigenvalue weighted by atomic mass is 9.85. The summed E-state index contributed by atoms with van der Waals surface area (Å²) in [6.07, 6.45) is 1.72. The largest absolute Gasteiger partial charge is 0.391 e. The molecule has 0 aromatic carbocycles. The number of nitrogens with zero attached hydrogens (tertiary/aromatic N) is 1. The van der Waals surface area contributed by atoms with Crippen molar-refractivity contribution in [2.24, 2.45) is 5.92 Å². The molecule has 2 heterocycles. The predicted molar refractivity (Wildman–Crippen MR) is 67.9 cm³/mol. The molecule has 2 atom stereocenters. The lowest BCUT2D eigenvalue weighted by Crippen LogP contribution is -2.46. The van der Waals surface area contributed by atoms with E-state index in [1.807, 2.05) is 0 Å². The van der Waals surface area contributed by atoms with Gasteiger partial charge in [-0.3, -0.25) is 4.90 Å². The molecule has 2 aliphatic heterocycles. The smallest absolute Gasteiger partial charge is 0.310 e. The van der Waals surface area contributed by atoms with Crippen molar-refractivity contribution in [3.05, 3.63) is 0 Å². The van der Waals surface area contributed by atoms with E-state index in [1.54, 1.807) is 0 Å². The average Bonchev–Trinajstić information content (AvgIpc) is 2.94. The molecule has 5 heteroatoms. The maximum absolute atomic E-state index is 12.6. The van der Waals surface area contributed by atoms with Gasteiger partial charge >= 0.3 is 6.18 Å². The molecular formula is C14H23F3N2. The molecule has 110 valence electrons. The topological polar surface area (TPSA) is 15.3 Å². The van der Waals surface area contributed by atoms with Crippen LogP contribution < -0.4 is 5.32 Å². The van der Waals surface area contributed by atoms with Gasteiger partial charge in [0.1, 0.15) is 0 Å². The van der Waals surface area contributed by atoms with Crippen molar-refractivity contribution in [1.82, 2.24) is 10.2 Å². The van der Waals surface area contributed by atoms with E-state index < -0.39 is 12.1 Å². The van der Waals surface area contributed by atoms with E-state index in [-0.39, 0.29) is 0 Å². The van der Waals surface area contributed by atoms with E-state index in [1.165, 1.54) is 32.4 Å². The first-order valence-corrected chi connectivity index (χ1v) is 7.61. The zero-order valence-electron chi connectivity index (χ0n) is 11.3. The van der Waals surface area contributed by atoms with E-state index in [4.69, 9.17) is 0 Å². The quantitative estimate of drug-likeness (QED) is 0.834. The molecule has 2 nitrogen and oxygen atoms in total. The Morgan fingerprint density at radius 3 is 2.32 bits per heavy atom. The normalized spacial score (nSPS) is 40.6. The van der Waals surface area contributed by atoms with Crippen molar-refractivity contribution in [2.45, 2.75) is 69.2 Å². The van der Waals surface area contributed by atoms with Crippen LogP contribution in [0.15, 0.2) is 0 Å². The van der Waals surface area contributed by atoms with Crippen LogP contribution >= 0.6 is 0 Å². The summed E-state index contributed by atoms with van der Waals surface area (Å²) < 4.78 is 37.9. The minimum Gasteiger partial charge on any atom is -0.310 e. The molecule has 0 amide bonds. The highest BCUT2D eigenvalue weighted by molar-refractivity contribution is 4.97. The van der Waals surface area contributed by atoms with Gasteiger partial charge < -0.3 is 5.32 Å². The van der Waals surface area contributed by atoms with Crippen molar-refractivity contribution in [2.75, 3.05) is 13.1 Å². The molecule has 2 saturated heterocycles. The standard InChI is InChI=1S/C14H23F3N2/c15-14(16,17)10-3-5-11(6-4-10)18-12-7-9-19-8-1-2-13(12)19/h10-13,18H,1-9H2. The fraction of sp³-hybridized carbons (Fsp3) is 1.00. The van der Waals surface area contributed by atoms with Crippen LogP contribution in [0.3, 0.4) is 0 Å². The summed E-state index contributed by atoms with van der Waals surface area (Å²) >= 11 is 0. The SMILES string of the molecule is FC(F)(F)C1CCC(NC2CCN3CCCC23)CC1. The highest BCUT2D eigenvalue weighted by Gasteiger charge is 2.43. The number of halogens is 3. The van der Waals surface area contributed by atoms with Gasteiger partial charge in [-0.15, -0.1) is 0 Å². The summed E-state index contributed by atoms with van der Waals surface area (Å²) in [5.41, 5.74) is 0. The molecule has 0 aromatic heterocycles. The first kappa shape index (κ1) is 13.7. The zero-order chi connectivity index (χ0) is 13.5. The Morgan fingerprint density at radius 1 is 0.895 bits per heavy atom. The molecule has 3 aliphatic rings. The van der Waals surface area contributed by atoms with E-state index in [0.29, 0.717) is 43.8 Å². The molecule has 0 radical (unpaired) electrons. The second kappa shape index (κ2) is 5.24. The predicted octanol–water partition coefficient (Wildman–Crippen LogP) is 2.93. The maximum Gasteiger partial charge on any atom is 0.391 e.